The maximum atomic E-state index is 13.1. The van der Waals surface area contributed by atoms with E-state index in [0.29, 0.717) is 23.0 Å². The van der Waals surface area contributed by atoms with Gasteiger partial charge >= 0.3 is 12.4 Å². The topological polar surface area (TPSA) is 46.9 Å². The summed E-state index contributed by atoms with van der Waals surface area (Å²) in [6.45, 7) is 1.40. The lowest BCUT2D eigenvalue weighted by molar-refractivity contribution is -0.138. The van der Waals surface area contributed by atoms with Crippen LogP contribution < -0.4 is 5.32 Å². The summed E-state index contributed by atoms with van der Waals surface area (Å²) in [5.74, 6) is -1.57. The molecule has 142 valence electrons. The van der Waals surface area contributed by atoms with Crippen molar-refractivity contribution in [2.24, 2.45) is 0 Å². The van der Waals surface area contributed by atoms with Crippen LogP contribution in [-0.2, 0) is 17.1 Å². The maximum Gasteiger partial charge on any atom is 0.421 e. The van der Waals surface area contributed by atoms with Crippen LogP contribution in [0.2, 0.25) is 10.0 Å². The van der Waals surface area contributed by atoms with Crippen LogP contribution in [0.4, 0.5) is 32.2 Å². The molecule has 0 spiro atoms. The Labute approximate surface area is 152 Å². The zero-order valence-corrected chi connectivity index (χ0v) is 14.3. The number of nitrogens with zero attached hydrogens (tertiary/aromatic N) is 2. The van der Waals surface area contributed by atoms with Gasteiger partial charge in [0.15, 0.2) is 0 Å². The Morgan fingerprint density at radius 2 is 1.65 bits per heavy atom. The number of hydrogen-bond acceptors (Lipinski definition) is 2. The van der Waals surface area contributed by atoms with Crippen molar-refractivity contribution in [1.29, 1.82) is 0 Å². The fourth-order valence-electron chi connectivity index (χ4n) is 2.00. The van der Waals surface area contributed by atoms with E-state index < -0.39 is 50.9 Å². The molecular weight excluding hydrogens is 411 g/mol. The number of benzene rings is 1. The van der Waals surface area contributed by atoms with E-state index in [1.165, 1.54) is 6.92 Å². The summed E-state index contributed by atoms with van der Waals surface area (Å²) in [6.07, 6.45) is -9.36. The summed E-state index contributed by atoms with van der Waals surface area (Å²) in [4.78, 5) is 11.6. The average molecular weight is 420 g/mol. The molecule has 0 saturated carbocycles. The highest BCUT2D eigenvalue weighted by atomic mass is 35.5. The number of alkyl halides is 6. The van der Waals surface area contributed by atoms with Crippen LogP contribution in [0.15, 0.2) is 18.3 Å². The monoisotopic (exact) mass is 419 g/mol. The molecule has 2 rings (SSSR count). The van der Waals surface area contributed by atoms with Crippen LogP contribution in [-0.4, -0.2) is 15.7 Å². The summed E-state index contributed by atoms with van der Waals surface area (Å²) >= 11 is 11.6. The van der Waals surface area contributed by atoms with Crippen LogP contribution in [0.25, 0.3) is 5.69 Å². The Hall–Kier alpha value is -1.94. The molecular formula is C14H9Cl2F6N3O. The van der Waals surface area contributed by atoms with E-state index in [1.807, 2.05) is 5.32 Å². The summed E-state index contributed by atoms with van der Waals surface area (Å²) in [5, 5.41) is 4.32. The number of carbonyl (C=O) groups is 1. The lowest BCUT2D eigenvalue weighted by atomic mass is 10.2. The van der Waals surface area contributed by atoms with Gasteiger partial charge in [0.05, 0.1) is 21.8 Å². The van der Waals surface area contributed by atoms with Crippen molar-refractivity contribution in [3.05, 3.63) is 39.5 Å². The first-order valence-corrected chi connectivity index (χ1v) is 7.63. The quantitative estimate of drug-likeness (QED) is 0.661. The Bertz CT molecular complexity index is 821. The number of carbonyl (C=O) groups excluding carboxylic acids is 1. The summed E-state index contributed by atoms with van der Waals surface area (Å²) < 4.78 is 78.3. The van der Waals surface area contributed by atoms with E-state index >= 15 is 0 Å². The second-order valence-electron chi connectivity index (χ2n) is 5.00. The molecule has 0 aliphatic heterocycles. The second-order valence-corrected chi connectivity index (χ2v) is 5.82. The van der Waals surface area contributed by atoms with Crippen molar-refractivity contribution in [3.63, 3.8) is 0 Å². The molecule has 1 aromatic heterocycles. The third-order valence-electron chi connectivity index (χ3n) is 3.21. The first kappa shape index (κ1) is 20.4. The number of nitrogens with one attached hydrogen (secondary N) is 1. The minimum Gasteiger partial charge on any atom is -0.310 e. The first-order chi connectivity index (χ1) is 11.9. The Morgan fingerprint density at radius 3 is 2.08 bits per heavy atom. The van der Waals surface area contributed by atoms with Crippen molar-refractivity contribution in [2.45, 2.75) is 25.7 Å². The molecule has 4 nitrogen and oxygen atoms in total. The zero-order chi connectivity index (χ0) is 19.9. The van der Waals surface area contributed by atoms with Crippen molar-refractivity contribution in [2.75, 3.05) is 5.32 Å². The van der Waals surface area contributed by atoms with Crippen LogP contribution in [0, 0.1) is 0 Å². The lowest BCUT2D eigenvalue weighted by Gasteiger charge is -2.16. The van der Waals surface area contributed by atoms with Gasteiger partial charge in [0.25, 0.3) is 0 Å². The molecule has 12 heteroatoms. The van der Waals surface area contributed by atoms with Gasteiger partial charge in [-0.3, -0.25) is 4.79 Å². The third-order valence-corrected chi connectivity index (χ3v) is 3.79. The van der Waals surface area contributed by atoms with Crippen molar-refractivity contribution in [1.82, 2.24) is 9.78 Å². The van der Waals surface area contributed by atoms with Crippen molar-refractivity contribution < 1.29 is 31.1 Å². The molecule has 0 radical (unpaired) electrons. The molecule has 0 bridgehead atoms. The molecule has 0 aliphatic rings. The number of aromatic nitrogens is 2. The van der Waals surface area contributed by atoms with Gasteiger partial charge in [0.1, 0.15) is 17.1 Å². The Kier molecular flexibility index (Phi) is 5.48. The van der Waals surface area contributed by atoms with Gasteiger partial charge in [-0.05, 0) is 12.1 Å². The fraction of sp³-hybridized carbons (Fsp3) is 0.286. The molecule has 1 amide bonds. The zero-order valence-electron chi connectivity index (χ0n) is 12.8. The van der Waals surface area contributed by atoms with Gasteiger partial charge in [-0.15, -0.1) is 0 Å². The van der Waals surface area contributed by atoms with E-state index in [-0.39, 0.29) is 6.42 Å². The largest absolute Gasteiger partial charge is 0.421 e. The molecule has 0 unspecified atom stereocenters. The predicted molar refractivity (Wildman–Crippen MR) is 82.5 cm³/mol. The van der Waals surface area contributed by atoms with Gasteiger partial charge < -0.3 is 5.32 Å². The standard InChI is InChI=1S/C14H9Cl2F6N3O/c1-2-10(26)24-12-7(14(20,21)22)5-23-25(12)11-8(15)3-6(4-9(11)16)13(17,18)19/h3-5H,2H2,1H3,(H,24,26). The SMILES string of the molecule is CCC(=O)Nc1c(C(F)(F)F)cnn1-c1c(Cl)cc(C(F)(F)F)cc1Cl. The van der Waals surface area contributed by atoms with Crippen LogP contribution in [0.5, 0.6) is 0 Å². The second kappa shape index (κ2) is 6.99. The van der Waals surface area contributed by atoms with E-state index in [0.717, 1.165) is 0 Å². The highest BCUT2D eigenvalue weighted by Crippen LogP contribution is 2.41. The number of amides is 1. The van der Waals surface area contributed by atoms with Crippen molar-refractivity contribution in [3.8, 4) is 5.69 Å². The van der Waals surface area contributed by atoms with E-state index in [1.54, 1.807) is 0 Å². The summed E-state index contributed by atoms with van der Waals surface area (Å²) in [7, 11) is 0. The predicted octanol–water partition coefficient (Wildman–Crippen LogP) is 5.57. The van der Waals surface area contributed by atoms with Crippen LogP contribution in [0.3, 0.4) is 0 Å². The number of anilines is 1. The normalized spacial score (nSPS) is 12.3. The van der Waals surface area contributed by atoms with Gasteiger partial charge in [0.2, 0.25) is 5.91 Å². The molecule has 0 atom stereocenters. The molecule has 1 aromatic carbocycles. The highest BCUT2D eigenvalue weighted by molar-refractivity contribution is 6.38. The van der Waals surface area contributed by atoms with Crippen LogP contribution in [0.1, 0.15) is 24.5 Å². The highest BCUT2D eigenvalue weighted by Gasteiger charge is 2.38. The van der Waals surface area contributed by atoms with E-state index in [4.69, 9.17) is 23.2 Å². The number of rotatable bonds is 3. The molecule has 2 aromatic rings. The maximum absolute atomic E-state index is 13.1. The minimum atomic E-state index is -4.88. The lowest BCUT2D eigenvalue weighted by Crippen LogP contribution is -2.18. The molecule has 0 aliphatic carbocycles. The fourth-order valence-corrected chi connectivity index (χ4v) is 2.64. The van der Waals surface area contributed by atoms with Gasteiger partial charge in [-0.25, -0.2) is 4.68 Å². The first-order valence-electron chi connectivity index (χ1n) is 6.88. The molecule has 26 heavy (non-hydrogen) atoms. The van der Waals surface area contributed by atoms with Gasteiger partial charge in [-0.2, -0.15) is 31.4 Å². The van der Waals surface area contributed by atoms with E-state index in [2.05, 4.69) is 5.10 Å². The molecule has 1 N–H and O–H groups in total. The Morgan fingerprint density at radius 1 is 1.12 bits per heavy atom. The van der Waals surface area contributed by atoms with Gasteiger partial charge in [0, 0.05) is 6.42 Å². The van der Waals surface area contributed by atoms with Crippen LogP contribution >= 0.6 is 23.2 Å². The van der Waals surface area contributed by atoms with Gasteiger partial charge in [-0.1, -0.05) is 30.1 Å². The molecule has 0 saturated heterocycles. The van der Waals surface area contributed by atoms with E-state index in [9.17, 15) is 31.1 Å². The average Bonchev–Trinajstić information content (AvgIpc) is 2.89. The molecule has 0 fully saturated rings. The van der Waals surface area contributed by atoms with Crippen molar-refractivity contribution >= 4 is 34.9 Å². The minimum absolute atomic E-state index is 0.142. The number of halogens is 8. The summed E-state index contributed by atoms with van der Waals surface area (Å²) in [6, 6.07) is 1.01. The molecule has 1 heterocycles. The number of hydrogen-bond donors (Lipinski definition) is 1. The third kappa shape index (κ3) is 4.07. The Balaban J connectivity index is 2.69. The smallest absolute Gasteiger partial charge is 0.310 e. The summed E-state index contributed by atoms with van der Waals surface area (Å²) in [5.41, 5.74) is -2.91.